The van der Waals surface area contributed by atoms with E-state index in [9.17, 15) is 13.2 Å². The largest absolute Gasteiger partial charge is 0.318 e. The molecule has 4 rings (SSSR count). The molecule has 0 unspecified atom stereocenters. The van der Waals surface area contributed by atoms with Crippen LogP contribution in [0.5, 0.6) is 0 Å². The van der Waals surface area contributed by atoms with Crippen LogP contribution in [0.3, 0.4) is 0 Å². The Morgan fingerprint density at radius 1 is 0.949 bits per heavy atom. The zero-order chi connectivity index (χ0) is 28.3. The van der Waals surface area contributed by atoms with Gasteiger partial charge in [0.1, 0.15) is 6.54 Å². The Balaban J connectivity index is 1.57. The Morgan fingerprint density at radius 2 is 1.67 bits per heavy atom. The fourth-order valence-electron chi connectivity index (χ4n) is 4.20. The van der Waals surface area contributed by atoms with Gasteiger partial charge in [-0.3, -0.25) is 9.10 Å². The van der Waals surface area contributed by atoms with Crippen LogP contribution in [-0.2, 0) is 14.8 Å². The molecule has 0 aliphatic rings. The molecule has 1 amide bonds. The Bertz CT molecular complexity index is 1670. The minimum atomic E-state index is -4.05. The summed E-state index contributed by atoms with van der Waals surface area (Å²) >= 11 is 18.3. The van der Waals surface area contributed by atoms with Crippen molar-refractivity contribution in [3.8, 4) is 5.69 Å². The van der Waals surface area contributed by atoms with Gasteiger partial charge in [-0.05, 0) is 80.9 Å². The van der Waals surface area contributed by atoms with E-state index in [4.69, 9.17) is 34.8 Å². The van der Waals surface area contributed by atoms with Crippen molar-refractivity contribution in [2.24, 2.45) is 5.10 Å². The average molecular weight is 604 g/mol. The zero-order valence-corrected chi connectivity index (χ0v) is 24.4. The summed E-state index contributed by atoms with van der Waals surface area (Å²) in [5.41, 5.74) is 6.79. The normalized spacial score (nSPS) is 11.6. The van der Waals surface area contributed by atoms with Crippen molar-refractivity contribution in [3.63, 3.8) is 0 Å². The number of aryl methyl sites for hydroxylation is 2. The highest BCUT2D eigenvalue weighted by Gasteiger charge is 2.28. The molecule has 0 atom stereocenters. The first-order valence-electron chi connectivity index (χ1n) is 11.8. The number of rotatable bonds is 8. The average Bonchev–Trinajstić information content (AvgIpc) is 3.17. The number of halogens is 3. The predicted molar refractivity (Wildman–Crippen MR) is 158 cm³/mol. The first-order chi connectivity index (χ1) is 18.5. The van der Waals surface area contributed by atoms with Gasteiger partial charge in [0, 0.05) is 27.7 Å². The molecular formula is C28H25Cl3N4O3S. The zero-order valence-electron chi connectivity index (χ0n) is 21.3. The number of aromatic nitrogens is 1. The second-order valence-electron chi connectivity index (χ2n) is 8.81. The number of carbonyl (C=O) groups excluding carboxylic acids is 1. The second-order valence-corrected chi connectivity index (χ2v) is 11.9. The second kappa shape index (κ2) is 11.8. The van der Waals surface area contributed by atoms with Crippen LogP contribution in [0.15, 0.2) is 82.8 Å². The van der Waals surface area contributed by atoms with Crippen LogP contribution in [0.2, 0.25) is 15.1 Å². The maximum Gasteiger partial charge on any atom is 0.264 e. The molecule has 0 aliphatic heterocycles. The summed E-state index contributed by atoms with van der Waals surface area (Å²) in [6, 6.07) is 20.0. The third-order valence-corrected chi connectivity index (χ3v) is 8.82. The molecular weight excluding hydrogens is 579 g/mol. The van der Waals surface area contributed by atoms with Crippen molar-refractivity contribution in [2.45, 2.75) is 25.7 Å². The Morgan fingerprint density at radius 3 is 2.33 bits per heavy atom. The van der Waals surface area contributed by atoms with Gasteiger partial charge >= 0.3 is 0 Å². The Hall–Kier alpha value is -3.30. The van der Waals surface area contributed by atoms with E-state index >= 15 is 0 Å². The van der Waals surface area contributed by atoms with Gasteiger partial charge < -0.3 is 4.57 Å². The molecule has 0 aliphatic carbocycles. The summed E-state index contributed by atoms with van der Waals surface area (Å²) in [6.45, 7) is 5.09. The first-order valence-corrected chi connectivity index (χ1v) is 14.4. The summed E-state index contributed by atoms with van der Waals surface area (Å²) in [7, 11) is -4.05. The van der Waals surface area contributed by atoms with Crippen LogP contribution in [0.1, 0.15) is 22.5 Å². The van der Waals surface area contributed by atoms with Crippen LogP contribution >= 0.6 is 34.8 Å². The van der Waals surface area contributed by atoms with Crippen molar-refractivity contribution < 1.29 is 13.2 Å². The number of anilines is 1. The Labute approximate surface area is 242 Å². The highest BCUT2D eigenvalue weighted by Crippen LogP contribution is 2.29. The molecule has 4 aromatic rings. The standard InChI is InChI=1S/C28H25Cl3N4O3S/c1-18-13-22(29)9-12-27(18)34(39(37,38)24-7-5-4-6-8-24)17-28(36)33-32-16-21-14-19(2)35(20(21)3)23-10-11-25(30)26(31)15-23/h4-16H,17H2,1-3H3,(H,33,36)/b32-16-. The van der Waals surface area contributed by atoms with Gasteiger partial charge in [-0.2, -0.15) is 5.10 Å². The van der Waals surface area contributed by atoms with Gasteiger partial charge in [-0.1, -0.05) is 53.0 Å². The minimum Gasteiger partial charge on any atom is -0.318 e. The summed E-state index contributed by atoms with van der Waals surface area (Å²) in [5, 5.41) is 5.45. The monoisotopic (exact) mass is 602 g/mol. The van der Waals surface area contributed by atoms with Gasteiger partial charge in [-0.25, -0.2) is 13.8 Å². The van der Waals surface area contributed by atoms with Crippen molar-refractivity contribution in [2.75, 3.05) is 10.8 Å². The number of hydrazone groups is 1. The molecule has 3 aromatic carbocycles. The molecule has 1 N–H and O–H groups in total. The molecule has 11 heteroatoms. The lowest BCUT2D eigenvalue weighted by atomic mass is 10.2. The molecule has 0 bridgehead atoms. The molecule has 0 saturated heterocycles. The molecule has 1 heterocycles. The number of amides is 1. The fourth-order valence-corrected chi connectivity index (χ4v) is 6.22. The predicted octanol–water partition coefficient (Wildman–Crippen LogP) is 6.71. The lowest BCUT2D eigenvalue weighted by Crippen LogP contribution is -2.40. The third kappa shape index (κ3) is 6.31. The number of hydrogen-bond donors (Lipinski definition) is 1. The summed E-state index contributed by atoms with van der Waals surface area (Å²) < 4.78 is 30.1. The van der Waals surface area contributed by atoms with Gasteiger partial charge in [0.25, 0.3) is 15.9 Å². The molecule has 0 spiro atoms. The smallest absolute Gasteiger partial charge is 0.264 e. The number of benzene rings is 3. The molecule has 202 valence electrons. The van der Waals surface area contributed by atoms with Gasteiger partial charge in [0.2, 0.25) is 0 Å². The fraction of sp³-hybridized carbons (Fsp3) is 0.143. The van der Waals surface area contributed by atoms with Crippen molar-refractivity contribution >= 4 is 62.6 Å². The molecule has 1 aromatic heterocycles. The van der Waals surface area contributed by atoms with Crippen molar-refractivity contribution in [3.05, 3.63) is 110 Å². The molecule has 0 saturated carbocycles. The summed E-state index contributed by atoms with van der Waals surface area (Å²) in [4.78, 5) is 13.0. The van der Waals surface area contributed by atoms with Crippen LogP contribution in [0.25, 0.3) is 5.69 Å². The number of hydrogen-bond acceptors (Lipinski definition) is 4. The lowest BCUT2D eigenvalue weighted by molar-refractivity contribution is -0.119. The number of nitrogens with zero attached hydrogens (tertiary/aromatic N) is 3. The van der Waals surface area contributed by atoms with Gasteiger partial charge in [0.05, 0.1) is 26.8 Å². The van der Waals surface area contributed by atoms with Crippen LogP contribution in [0, 0.1) is 20.8 Å². The van der Waals surface area contributed by atoms with E-state index < -0.39 is 22.5 Å². The van der Waals surface area contributed by atoms with Crippen molar-refractivity contribution in [1.29, 1.82) is 0 Å². The van der Waals surface area contributed by atoms with E-state index in [0.717, 1.165) is 26.9 Å². The van der Waals surface area contributed by atoms with Gasteiger partial charge in [-0.15, -0.1) is 0 Å². The number of nitrogens with one attached hydrogen (secondary N) is 1. The first kappa shape index (κ1) is 28.7. The van der Waals surface area contributed by atoms with E-state index in [0.29, 0.717) is 26.3 Å². The third-order valence-electron chi connectivity index (χ3n) is 6.07. The highest BCUT2D eigenvalue weighted by molar-refractivity contribution is 7.92. The minimum absolute atomic E-state index is 0.0605. The maximum atomic E-state index is 13.5. The lowest BCUT2D eigenvalue weighted by Gasteiger charge is -2.25. The van der Waals surface area contributed by atoms with Gasteiger partial charge in [0.15, 0.2) is 0 Å². The van der Waals surface area contributed by atoms with E-state index in [1.54, 1.807) is 55.5 Å². The SMILES string of the molecule is Cc1cc(Cl)ccc1N(CC(=O)N/N=C\c1cc(C)n(-c2ccc(Cl)c(Cl)c2)c1C)S(=O)(=O)c1ccccc1. The van der Waals surface area contributed by atoms with Crippen LogP contribution < -0.4 is 9.73 Å². The van der Waals surface area contributed by atoms with E-state index in [1.807, 2.05) is 30.5 Å². The maximum absolute atomic E-state index is 13.5. The molecule has 0 fully saturated rings. The molecule has 0 radical (unpaired) electrons. The van der Waals surface area contributed by atoms with Crippen LogP contribution in [0.4, 0.5) is 5.69 Å². The number of carbonyl (C=O) groups is 1. The molecule has 7 nitrogen and oxygen atoms in total. The van der Waals surface area contributed by atoms with Crippen LogP contribution in [-0.4, -0.2) is 31.7 Å². The van der Waals surface area contributed by atoms with E-state index in [-0.39, 0.29) is 4.90 Å². The Kier molecular flexibility index (Phi) is 8.71. The van der Waals surface area contributed by atoms with Crippen molar-refractivity contribution in [1.82, 2.24) is 9.99 Å². The number of sulfonamides is 1. The van der Waals surface area contributed by atoms with E-state index in [2.05, 4.69) is 10.5 Å². The van der Waals surface area contributed by atoms with E-state index in [1.165, 1.54) is 18.3 Å². The topological polar surface area (TPSA) is 83.8 Å². The summed E-state index contributed by atoms with van der Waals surface area (Å²) in [6.07, 6.45) is 1.51. The quantitative estimate of drug-likeness (QED) is 0.180. The summed E-state index contributed by atoms with van der Waals surface area (Å²) in [5.74, 6) is -0.613. The highest BCUT2D eigenvalue weighted by atomic mass is 35.5. The molecule has 39 heavy (non-hydrogen) atoms.